The highest BCUT2D eigenvalue weighted by Crippen LogP contribution is 2.35. The monoisotopic (exact) mass is 323 g/mol. The Labute approximate surface area is 128 Å². The molecule has 22 heavy (non-hydrogen) atoms. The summed E-state index contributed by atoms with van der Waals surface area (Å²) in [6.45, 7) is 3.20. The molecule has 2 aliphatic heterocycles. The smallest absolute Gasteiger partial charge is 0.373 e. The van der Waals surface area contributed by atoms with Crippen molar-refractivity contribution in [2.24, 2.45) is 0 Å². The molecule has 2 fully saturated rings. The van der Waals surface area contributed by atoms with Crippen molar-refractivity contribution in [1.82, 2.24) is 14.7 Å². The number of hydrogen-bond acceptors (Lipinski definition) is 4. The summed E-state index contributed by atoms with van der Waals surface area (Å²) in [5.74, 6) is -1.24. The number of carbonyl (C=O) groups excluding carboxylic acids is 1. The van der Waals surface area contributed by atoms with Gasteiger partial charge < -0.3 is 14.9 Å². The van der Waals surface area contributed by atoms with E-state index in [-0.39, 0.29) is 18.6 Å². The SMILES string of the molecule is CN1CCC2(CC1)CN(C(=O)C(C)(O)C(F)(F)F)CCN2C. The maximum Gasteiger partial charge on any atom is 0.426 e. The van der Waals surface area contributed by atoms with Crippen LogP contribution in [0.25, 0.3) is 0 Å². The van der Waals surface area contributed by atoms with Crippen LogP contribution in [0.3, 0.4) is 0 Å². The molecule has 8 heteroatoms. The van der Waals surface area contributed by atoms with Crippen LogP contribution < -0.4 is 0 Å². The number of nitrogens with zero attached hydrogens (tertiary/aromatic N) is 3. The second-order valence-corrected chi connectivity index (χ2v) is 6.75. The number of piperazine rings is 1. The number of halogens is 3. The van der Waals surface area contributed by atoms with Crippen molar-refractivity contribution in [1.29, 1.82) is 0 Å². The summed E-state index contributed by atoms with van der Waals surface area (Å²) < 4.78 is 38.7. The van der Waals surface area contributed by atoms with E-state index in [2.05, 4.69) is 9.80 Å². The Kier molecular flexibility index (Phi) is 4.49. The number of rotatable bonds is 1. The molecule has 0 aromatic rings. The highest BCUT2D eigenvalue weighted by molar-refractivity contribution is 5.85. The van der Waals surface area contributed by atoms with Gasteiger partial charge in [-0.25, -0.2) is 0 Å². The molecular weight excluding hydrogens is 299 g/mol. The van der Waals surface area contributed by atoms with E-state index in [1.807, 2.05) is 14.1 Å². The Morgan fingerprint density at radius 2 is 1.64 bits per heavy atom. The molecule has 2 heterocycles. The van der Waals surface area contributed by atoms with E-state index in [1.54, 1.807) is 0 Å². The molecule has 128 valence electrons. The number of carbonyl (C=O) groups is 1. The van der Waals surface area contributed by atoms with Crippen molar-refractivity contribution in [3.8, 4) is 0 Å². The van der Waals surface area contributed by atoms with Gasteiger partial charge in [0, 0.05) is 25.2 Å². The van der Waals surface area contributed by atoms with E-state index in [0.29, 0.717) is 13.5 Å². The molecule has 1 unspecified atom stereocenters. The third-order valence-electron chi connectivity index (χ3n) is 5.17. The van der Waals surface area contributed by atoms with Gasteiger partial charge >= 0.3 is 6.18 Å². The van der Waals surface area contributed by atoms with E-state index in [4.69, 9.17) is 0 Å². The summed E-state index contributed by atoms with van der Waals surface area (Å²) in [4.78, 5) is 17.7. The molecule has 0 radical (unpaired) electrons. The van der Waals surface area contributed by atoms with Gasteiger partial charge in [-0.15, -0.1) is 0 Å². The predicted molar refractivity (Wildman–Crippen MR) is 75.4 cm³/mol. The Balaban J connectivity index is 2.16. The summed E-state index contributed by atoms with van der Waals surface area (Å²) in [7, 11) is 3.96. The number of likely N-dealkylation sites (N-methyl/N-ethyl adjacent to an activating group) is 1. The van der Waals surface area contributed by atoms with Gasteiger partial charge in [0.25, 0.3) is 5.91 Å². The lowest BCUT2D eigenvalue weighted by molar-refractivity contribution is -0.251. The van der Waals surface area contributed by atoms with Crippen molar-refractivity contribution < 1.29 is 23.1 Å². The molecule has 1 spiro atoms. The highest BCUT2D eigenvalue weighted by atomic mass is 19.4. The Morgan fingerprint density at radius 1 is 1.09 bits per heavy atom. The Bertz CT molecular complexity index is 432. The first kappa shape index (κ1) is 17.5. The second-order valence-electron chi connectivity index (χ2n) is 6.75. The van der Waals surface area contributed by atoms with Crippen LogP contribution in [0, 0.1) is 0 Å². The zero-order valence-electron chi connectivity index (χ0n) is 13.3. The maximum absolute atomic E-state index is 12.9. The van der Waals surface area contributed by atoms with Crippen LogP contribution in [0.4, 0.5) is 13.2 Å². The normalized spacial score (nSPS) is 27.0. The van der Waals surface area contributed by atoms with Gasteiger partial charge in [-0.1, -0.05) is 0 Å². The number of hydrogen-bond donors (Lipinski definition) is 1. The van der Waals surface area contributed by atoms with Gasteiger partial charge in [-0.05, 0) is 47.0 Å². The topological polar surface area (TPSA) is 47.0 Å². The van der Waals surface area contributed by atoms with E-state index in [1.165, 1.54) is 4.90 Å². The second kappa shape index (κ2) is 5.65. The van der Waals surface area contributed by atoms with Gasteiger partial charge in [-0.3, -0.25) is 9.69 Å². The number of alkyl halides is 3. The average Bonchev–Trinajstić information content (AvgIpc) is 2.43. The van der Waals surface area contributed by atoms with E-state index in [9.17, 15) is 23.1 Å². The molecule has 2 rings (SSSR count). The fraction of sp³-hybridized carbons (Fsp3) is 0.929. The molecule has 0 aliphatic carbocycles. The van der Waals surface area contributed by atoms with Crippen LogP contribution in [0.2, 0.25) is 0 Å². The molecule has 1 amide bonds. The number of aliphatic hydroxyl groups is 1. The van der Waals surface area contributed by atoms with Crippen molar-refractivity contribution in [3.63, 3.8) is 0 Å². The molecule has 0 bridgehead atoms. The molecule has 2 saturated heterocycles. The summed E-state index contributed by atoms with van der Waals surface area (Å²) in [5, 5.41) is 9.63. The third kappa shape index (κ3) is 2.96. The van der Waals surface area contributed by atoms with E-state index < -0.39 is 17.7 Å². The van der Waals surface area contributed by atoms with Crippen LogP contribution in [-0.4, -0.2) is 89.8 Å². The van der Waals surface area contributed by atoms with Crippen molar-refractivity contribution in [3.05, 3.63) is 0 Å². The van der Waals surface area contributed by atoms with Crippen LogP contribution >= 0.6 is 0 Å². The minimum Gasteiger partial charge on any atom is -0.373 e. The van der Waals surface area contributed by atoms with Crippen molar-refractivity contribution in [2.45, 2.75) is 37.1 Å². The fourth-order valence-corrected chi connectivity index (χ4v) is 3.24. The maximum atomic E-state index is 12.9. The summed E-state index contributed by atoms with van der Waals surface area (Å²) in [6.07, 6.45) is -3.36. The fourth-order valence-electron chi connectivity index (χ4n) is 3.24. The Morgan fingerprint density at radius 3 is 2.14 bits per heavy atom. The summed E-state index contributed by atoms with van der Waals surface area (Å²) in [6, 6.07) is 0. The lowest BCUT2D eigenvalue weighted by Gasteiger charge is -2.53. The average molecular weight is 323 g/mol. The largest absolute Gasteiger partial charge is 0.426 e. The quantitative estimate of drug-likeness (QED) is 0.765. The molecule has 1 N–H and O–H groups in total. The molecule has 0 aromatic carbocycles. The van der Waals surface area contributed by atoms with Gasteiger partial charge in [0.1, 0.15) is 0 Å². The number of amides is 1. The third-order valence-corrected chi connectivity index (χ3v) is 5.17. The van der Waals surface area contributed by atoms with Crippen LogP contribution in [0.1, 0.15) is 19.8 Å². The van der Waals surface area contributed by atoms with Crippen molar-refractivity contribution in [2.75, 3.05) is 46.8 Å². The van der Waals surface area contributed by atoms with Crippen molar-refractivity contribution >= 4 is 5.91 Å². The molecule has 0 saturated carbocycles. The van der Waals surface area contributed by atoms with Gasteiger partial charge in [0.05, 0.1) is 0 Å². The van der Waals surface area contributed by atoms with Crippen LogP contribution in [0.5, 0.6) is 0 Å². The van der Waals surface area contributed by atoms with E-state index >= 15 is 0 Å². The molecular formula is C14H24F3N3O2. The lowest BCUT2D eigenvalue weighted by atomic mass is 9.83. The van der Waals surface area contributed by atoms with Gasteiger partial charge in [-0.2, -0.15) is 13.2 Å². The lowest BCUT2D eigenvalue weighted by Crippen LogP contribution is -2.68. The van der Waals surface area contributed by atoms with Gasteiger partial charge in [0.15, 0.2) is 0 Å². The first-order valence-corrected chi connectivity index (χ1v) is 7.48. The van der Waals surface area contributed by atoms with E-state index in [0.717, 1.165) is 25.9 Å². The number of likely N-dealkylation sites (tertiary alicyclic amines) is 1. The van der Waals surface area contributed by atoms with Crippen LogP contribution in [-0.2, 0) is 4.79 Å². The predicted octanol–water partition coefficient (Wildman–Crippen LogP) is 0.538. The highest BCUT2D eigenvalue weighted by Gasteiger charge is 2.58. The first-order chi connectivity index (χ1) is 9.99. The minimum atomic E-state index is -4.96. The zero-order valence-corrected chi connectivity index (χ0v) is 13.3. The molecule has 2 aliphatic rings. The standard InChI is InChI=1S/C14H24F3N3O2/c1-12(22,14(15,16)17)11(21)20-9-8-19(3)13(10-20)4-6-18(2)7-5-13/h22H,4-10H2,1-3H3. The minimum absolute atomic E-state index is 0.207. The molecule has 0 aromatic heterocycles. The Hall–Kier alpha value is -0.860. The molecule has 5 nitrogen and oxygen atoms in total. The summed E-state index contributed by atoms with van der Waals surface area (Å²) >= 11 is 0. The zero-order chi connectivity index (χ0) is 16.8. The van der Waals surface area contributed by atoms with Crippen LogP contribution in [0.15, 0.2) is 0 Å². The molecule has 1 atom stereocenters. The first-order valence-electron chi connectivity index (χ1n) is 7.48. The number of piperidine rings is 1. The summed E-state index contributed by atoms with van der Waals surface area (Å²) in [5.41, 5.74) is -3.61. The van der Waals surface area contributed by atoms with Gasteiger partial charge in [0.2, 0.25) is 5.60 Å².